The van der Waals surface area contributed by atoms with Gasteiger partial charge in [0, 0.05) is 30.1 Å². The van der Waals surface area contributed by atoms with E-state index in [1.807, 2.05) is 30.2 Å². The van der Waals surface area contributed by atoms with Crippen molar-refractivity contribution in [1.29, 1.82) is 0 Å². The van der Waals surface area contributed by atoms with E-state index in [1.54, 1.807) is 46.6 Å². The molecule has 0 saturated heterocycles. The highest BCUT2D eigenvalue weighted by Crippen LogP contribution is 2.48. The first-order valence-corrected chi connectivity index (χ1v) is 13.2. The molecule has 0 aliphatic carbocycles. The summed E-state index contributed by atoms with van der Waals surface area (Å²) in [6.07, 6.45) is 2.54. The van der Waals surface area contributed by atoms with E-state index in [9.17, 15) is 9.59 Å². The summed E-state index contributed by atoms with van der Waals surface area (Å²) in [7, 11) is 8.35. The molecular weight excluding hydrogens is 524 g/mol. The van der Waals surface area contributed by atoms with Crippen LogP contribution in [0.15, 0.2) is 48.2 Å². The van der Waals surface area contributed by atoms with Crippen LogP contribution in [0.5, 0.6) is 28.7 Å². The smallest absolute Gasteiger partial charge is 0.262 e. The molecule has 9 heteroatoms. The minimum absolute atomic E-state index is 0.0455. The molecule has 41 heavy (non-hydrogen) atoms. The average Bonchev–Trinajstić information content (AvgIpc) is 3.17. The number of hydrogen-bond acceptors (Lipinski definition) is 8. The van der Waals surface area contributed by atoms with Crippen molar-refractivity contribution in [2.75, 3.05) is 54.0 Å². The molecule has 210 valence electrons. The maximum absolute atomic E-state index is 13.9. The number of carbonyl (C=O) groups excluding carboxylic acids is 2. The van der Waals surface area contributed by atoms with Crippen molar-refractivity contribution < 1.29 is 33.3 Å². The van der Waals surface area contributed by atoms with Crippen molar-refractivity contribution in [2.24, 2.45) is 0 Å². The summed E-state index contributed by atoms with van der Waals surface area (Å²) < 4.78 is 28.6. The maximum atomic E-state index is 13.9. The Kier molecular flexibility index (Phi) is 6.57. The number of nitrogens with one attached hydrogen (secondary N) is 1. The number of likely N-dealkylation sites (N-methyl/N-ethyl adjacent to an activating group) is 1. The number of nitrogens with zero attached hydrogens (tertiary/aromatic N) is 1. The summed E-state index contributed by atoms with van der Waals surface area (Å²) in [5.74, 6) is 2.47. The molecule has 2 aliphatic rings. The number of anilines is 1. The molecule has 4 aromatic carbocycles. The molecule has 0 aromatic heterocycles. The highest BCUT2D eigenvalue weighted by Gasteiger charge is 2.28. The number of Topliss-reactive ketones (excluding diaryl/α,β-unsaturated/α-hetero) is 1. The van der Waals surface area contributed by atoms with Crippen LogP contribution in [0.25, 0.3) is 27.6 Å². The first kappa shape index (κ1) is 26.3. The molecule has 9 nitrogen and oxygen atoms in total. The lowest BCUT2D eigenvalue weighted by molar-refractivity contribution is -0.118. The van der Waals surface area contributed by atoms with E-state index in [2.05, 4.69) is 17.4 Å². The second-order valence-corrected chi connectivity index (χ2v) is 9.95. The number of ether oxygens (including phenoxy) is 5. The number of methoxy groups -OCH3 is 4. The lowest BCUT2D eigenvalue weighted by Gasteiger charge is -2.21. The molecule has 0 unspecified atom stereocenters. The van der Waals surface area contributed by atoms with Gasteiger partial charge in [-0.1, -0.05) is 12.1 Å². The van der Waals surface area contributed by atoms with Gasteiger partial charge >= 0.3 is 0 Å². The number of amides is 1. The lowest BCUT2D eigenvalue weighted by Crippen LogP contribution is -2.27. The molecule has 0 bridgehead atoms. The Labute approximate surface area is 237 Å². The summed E-state index contributed by atoms with van der Waals surface area (Å²) in [5, 5.41) is 6.59. The van der Waals surface area contributed by atoms with Gasteiger partial charge in [-0.2, -0.15) is 0 Å². The zero-order valence-electron chi connectivity index (χ0n) is 23.5. The molecule has 2 aliphatic heterocycles. The largest absolute Gasteiger partial charge is 0.493 e. The fraction of sp³-hybridized carbons (Fsp3) is 0.250. The van der Waals surface area contributed by atoms with Crippen LogP contribution in [0.2, 0.25) is 0 Å². The molecule has 0 atom stereocenters. The van der Waals surface area contributed by atoms with Gasteiger partial charge in [-0.15, -0.1) is 0 Å². The number of hydrogen-bond donors (Lipinski definition) is 1. The van der Waals surface area contributed by atoms with E-state index in [0.29, 0.717) is 58.7 Å². The first-order valence-electron chi connectivity index (χ1n) is 13.2. The van der Waals surface area contributed by atoms with Crippen LogP contribution in [0.3, 0.4) is 0 Å². The Morgan fingerprint density at radius 1 is 0.902 bits per heavy atom. The van der Waals surface area contributed by atoms with Gasteiger partial charge in [0.05, 0.1) is 39.8 Å². The van der Waals surface area contributed by atoms with Gasteiger partial charge in [0.25, 0.3) is 5.91 Å². The molecule has 4 aromatic rings. The standard InChI is InChI=1S/C32H30N2O7/c1-34-11-10-19-20-8-6-17-13-26(37-2)27(38-3)15-21(17)29(20)32(40-5)31(39-4)22(19)14-24(34)30(36)18-7-9-25-23(12-18)33-28(35)16-41-25/h6-9,12-15H,10-11,16H2,1-5H3,(H,33,35). The van der Waals surface area contributed by atoms with E-state index >= 15 is 0 Å². The zero-order valence-corrected chi connectivity index (χ0v) is 23.5. The lowest BCUT2D eigenvalue weighted by atomic mass is 9.91. The minimum atomic E-state index is -0.255. The van der Waals surface area contributed by atoms with Crippen molar-refractivity contribution in [2.45, 2.75) is 6.42 Å². The van der Waals surface area contributed by atoms with Crippen LogP contribution in [0.1, 0.15) is 21.5 Å². The van der Waals surface area contributed by atoms with Crippen LogP contribution in [0, 0.1) is 0 Å². The molecule has 1 amide bonds. The van der Waals surface area contributed by atoms with Crippen LogP contribution < -0.4 is 29.0 Å². The van der Waals surface area contributed by atoms with Gasteiger partial charge in [-0.05, 0) is 64.6 Å². The Morgan fingerprint density at radius 3 is 2.39 bits per heavy atom. The van der Waals surface area contributed by atoms with E-state index in [1.165, 1.54) is 0 Å². The monoisotopic (exact) mass is 554 g/mol. The second kappa shape index (κ2) is 10.2. The summed E-state index contributed by atoms with van der Waals surface area (Å²) in [6.45, 7) is 0.556. The number of allylic oxidation sites excluding steroid dienone is 1. The van der Waals surface area contributed by atoms with E-state index in [4.69, 9.17) is 23.7 Å². The maximum Gasteiger partial charge on any atom is 0.262 e. The third kappa shape index (κ3) is 4.25. The number of benzene rings is 4. The number of rotatable bonds is 6. The predicted molar refractivity (Wildman–Crippen MR) is 157 cm³/mol. The molecule has 6 rings (SSSR count). The van der Waals surface area contributed by atoms with Crippen LogP contribution in [-0.4, -0.2) is 65.2 Å². The molecule has 0 spiro atoms. The van der Waals surface area contributed by atoms with Crippen molar-refractivity contribution >= 4 is 45.0 Å². The van der Waals surface area contributed by atoms with E-state index in [0.717, 1.165) is 32.7 Å². The summed E-state index contributed by atoms with van der Waals surface area (Å²) in [5.41, 5.74) is 3.26. The SMILES string of the molecule is COc1cc2ccc3c4c(c(OC)c(OC)c3c2cc1OC)C=C(C(=O)c1ccc2c(c1)NC(=O)CO2)N(C)CC4. The number of carbonyl (C=O) groups is 2. The molecule has 0 saturated carbocycles. The molecule has 2 heterocycles. The first-order chi connectivity index (χ1) is 19.9. The molecular formula is C32H30N2O7. The highest BCUT2D eigenvalue weighted by atomic mass is 16.5. The van der Waals surface area contributed by atoms with Crippen molar-refractivity contribution in [3.05, 3.63) is 64.9 Å². The van der Waals surface area contributed by atoms with Gasteiger partial charge < -0.3 is 33.9 Å². The topological polar surface area (TPSA) is 95.6 Å². The Bertz CT molecular complexity index is 1780. The predicted octanol–water partition coefficient (Wildman–Crippen LogP) is 5.07. The minimum Gasteiger partial charge on any atom is -0.493 e. The normalized spacial score (nSPS) is 14.3. The summed E-state index contributed by atoms with van der Waals surface area (Å²) in [4.78, 5) is 27.7. The quantitative estimate of drug-likeness (QED) is 0.261. The number of ketones is 1. The zero-order chi connectivity index (χ0) is 28.8. The van der Waals surface area contributed by atoms with Gasteiger partial charge in [0.15, 0.2) is 29.6 Å². The third-order valence-electron chi connectivity index (χ3n) is 7.76. The molecule has 0 fully saturated rings. The summed E-state index contributed by atoms with van der Waals surface area (Å²) in [6, 6.07) is 13.1. The van der Waals surface area contributed by atoms with Crippen molar-refractivity contribution in [3.8, 4) is 28.7 Å². The van der Waals surface area contributed by atoms with Crippen LogP contribution in [-0.2, 0) is 11.2 Å². The number of fused-ring (bicyclic) bond motifs is 6. The Hall–Kier alpha value is -4.92. The van der Waals surface area contributed by atoms with Crippen molar-refractivity contribution in [1.82, 2.24) is 4.90 Å². The van der Waals surface area contributed by atoms with E-state index < -0.39 is 0 Å². The van der Waals surface area contributed by atoms with Gasteiger partial charge in [-0.3, -0.25) is 9.59 Å². The Morgan fingerprint density at radius 2 is 1.66 bits per heavy atom. The van der Waals surface area contributed by atoms with Gasteiger partial charge in [-0.25, -0.2) is 0 Å². The fourth-order valence-electron chi connectivity index (χ4n) is 5.74. The fourth-order valence-corrected chi connectivity index (χ4v) is 5.74. The van der Waals surface area contributed by atoms with E-state index in [-0.39, 0.29) is 18.3 Å². The Balaban J connectivity index is 1.57. The van der Waals surface area contributed by atoms with Gasteiger partial charge in [0.2, 0.25) is 5.78 Å². The van der Waals surface area contributed by atoms with Crippen molar-refractivity contribution in [3.63, 3.8) is 0 Å². The van der Waals surface area contributed by atoms with Crippen LogP contribution in [0.4, 0.5) is 5.69 Å². The third-order valence-corrected chi connectivity index (χ3v) is 7.76. The highest BCUT2D eigenvalue weighted by molar-refractivity contribution is 6.16. The second-order valence-electron chi connectivity index (χ2n) is 9.95. The average molecular weight is 555 g/mol. The molecule has 1 N–H and O–H groups in total. The molecule has 0 radical (unpaired) electrons. The summed E-state index contributed by atoms with van der Waals surface area (Å²) >= 11 is 0. The van der Waals surface area contributed by atoms with Gasteiger partial charge in [0.1, 0.15) is 5.75 Å². The van der Waals surface area contributed by atoms with Crippen LogP contribution >= 0.6 is 0 Å².